The number of hydrogen-bond donors (Lipinski definition) is 3. The van der Waals surface area contributed by atoms with E-state index in [-0.39, 0.29) is 5.91 Å². The van der Waals surface area contributed by atoms with E-state index in [1.807, 2.05) is 37.2 Å². The lowest BCUT2D eigenvalue weighted by molar-refractivity contribution is -0.111. The van der Waals surface area contributed by atoms with Crippen LogP contribution in [0.4, 0.5) is 5.69 Å². The predicted octanol–water partition coefficient (Wildman–Crippen LogP) is 4.37. The number of hydrogen-bond acceptors (Lipinski definition) is 7. The molecule has 4 rings (SSSR count). The maximum absolute atomic E-state index is 12.4. The molecule has 206 valence electrons. The van der Waals surface area contributed by atoms with Gasteiger partial charge in [0.05, 0.1) is 18.7 Å². The van der Waals surface area contributed by atoms with Crippen LogP contribution in [0.1, 0.15) is 5.56 Å². The highest BCUT2D eigenvalue weighted by atomic mass is 31.2. The molecule has 12 heteroatoms. The second-order valence-electron chi connectivity index (χ2n) is 9.15. The first-order chi connectivity index (χ1) is 19.1. The zero-order valence-corrected chi connectivity index (χ0v) is 23.0. The van der Waals surface area contributed by atoms with Crippen LogP contribution in [0.2, 0.25) is 0 Å². The summed E-state index contributed by atoms with van der Waals surface area (Å²) >= 11 is 0. The molecule has 40 heavy (non-hydrogen) atoms. The molecular weight excluding hydrogens is 533 g/mol. The Bertz CT molecular complexity index is 1670. The third kappa shape index (κ3) is 7.21. The Morgan fingerprint density at radius 2 is 1.98 bits per heavy atom. The lowest BCUT2D eigenvalue weighted by Crippen LogP contribution is -2.13. The second-order valence-corrected chi connectivity index (χ2v) is 10.4. The lowest BCUT2D eigenvalue weighted by Gasteiger charge is -2.11. The van der Waals surface area contributed by atoms with Gasteiger partial charge in [0.2, 0.25) is 5.91 Å². The standard InChI is InChI=1S/C28H28N5O6P/c1-32(2)9-5-8-27(34)31-23-11-21(12-24(14-23)38-3)22-13-25-26(20-7-4-6-19(10-20)15-29)17-33(28(25)30-16-22)18-39-40(35,36)37/h4-8,10-14,16-17H,9,18H2,1-3H3,(H,31,34)(H2,35,36,37)/b8-5+. The van der Waals surface area contributed by atoms with Gasteiger partial charge in [-0.3, -0.25) is 9.32 Å². The molecule has 0 aliphatic carbocycles. The van der Waals surface area contributed by atoms with Crippen molar-refractivity contribution in [2.24, 2.45) is 0 Å². The van der Waals surface area contributed by atoms with Crippen LogP contribution >= 0.6 is 7.82 Å². The maximum atomic E-state index is 12.4. The number of methoxy groups -OCH3 is 1. The SMILES string of the molecule is COc1cc(NC(=O)/C=C/CN(C)C)cc(-c2cnc3c(c2)c(-c2cccc(C#N)c2)cn3COP(=O)(O)O)c1. The number of likely N-dealkylation sites (N-methyl/N-ethyl adjacent to an activating group) is 1. The summed E-state index contributed by atoms with van der Waals surface area (Å²) in [7, 11) is 0.622. The van der Waals surface area contributed by atoms with Crippen molar-refractivity contribution >= 4 is 30.5 Å². The predicted molar refractivity (Wildman–Crippen MR) is 151 cm³/mol. The minimum Gasteiger partial charge on any atom is -0.497 e. The fraction of sp³-hybridized carbons (Fsp3) is 0.179. The molecule has 0 saturated heterocycles. The monoisotopic (exact) mass is 561 g/mol. The van der Waals surface area contributed by atoms with E-state index >= 15 is 0 Å². The molecule has 0 bridgehead atoms. The zero-order chi connectivity index (χ0) is 28.9. The van der Waals surface area contributed by atoms with Gasteiger partial charge in [0.25, 0.3) is 0 Å². The zero-order valence-electron chi connectivity index (χ0n) is 22.1. The number of phosphoric ester groups is 1. The third-order valence-corrected chi connectivity index (χ3v) is 6.32. The number of rotatable bonds is 10. The molecule has 0 aliphatic heterocycles. The van der Waals surface area contributed by atoms with Gasteiger partial charge in [0.1, 0.15) is 18.1 Å². The maximum Gasteiger partial charge on any atom is 0.471 e. The summed E-state index contributed by atoms with van der Waals surface area (Å²) in [6.45, 7) is 0.197. The summed E-state index contributed by atoms with van der Waals surface area (Å²) in [5.74, 6) is 0.246. The van der Waals surface area contributed by atoms with Gasteiger partial charge in [-0.15, -0.1) is 0 Å². The van der Waals surface area contributed by atoms with Crippen LogP contribution in [0.5, 0.6) is 5.75 Å². The molecule has 11 nitrogen and oxygen atoms in total. The van der Waals surface area contributed by atoms with Crippen molar-refractivity contribution in [2.45, 2.75) is 6.73 Å². The molecule has 0 aliphatic rings. The van der Waals surface area contributed by atoms with E-state index < -0.39 is 14.6 Å². The van der Waals surface area contributed by atoms with Gasteiger partial charge >= 0.3 is 7.82 Å². The molecule has 0 saturated carbocycles. The molecule has 0 spiro atoms. The van der Waals surface area contributed by atoms with Gasteiger partial charge in [0, 0.05) is 53.3 Å². The molecule has 0 fully saturated rings. The summed E-state index contributed by atoms with van der Waals surface area (Å²) in [5.41, 5.74) is 4.26. The summed E-state index contributed by atoms with van der Waals surface area (Å²) in [4.78, 5) is 37.4. The van der Waals surface area contributed by atoms with E-state index in [0.717, 1.165) is 11.1 Å². The van der Waals surface area contributed by atoms with Crippen LogP contribution in [0.25, 0.3) is 33.3 Å². The van der Waals surface area contributed by atoms with Crippen LogP contribution in [0, 0.1) is 11.3 Å². The Morgan fingerprint density at radius 1 is 1.18 bits per heavy atom. The summed E-state index contributed by atoms with van der Waals surface area (Å²) in [6, 6.07) is 16.3. The smallest absolute Gasteiger partial charge is 0.471 e. The van der Waals surface area contributed by atoms with Crippen molar-refractivity contribution in [3.63, 3.8) is 0 Å². The Kier molecular flexibility index (Phi) is 8.80. The lowest BCUT2D eigenvalue weighted by atomic mass is 10.0. The number of carbonyl (C=O) groups is 1. The fourth-order valence-corrected chi connectivity index (χ4v) is 4.34. The van der Waals surface area contributed by atoms with Crippen molar-refractivity contribution < 1.29 is 28.4 Å². The molecule has 2 heterocycles. The Morgan fingerprint density at radius 3 is 2.67 bits per heavy atom. The molecule has 0 unspecified atom stereocenters. The summed E-state index contributed by atoms with van der Waals surface area (Å²) in [5, 5.41) is 12.9. The first-order valence-electron chi connectivity index (χ1n) is 12.1. The molecule has 0 radical (unpaired) electrons. The molecule has 3 N–H and O–H groups in total. The molecule has 2 aromatic carbocycles. The fourth-order valence-electron chi connectivity index (χ4n) is 4.06. The van der Waals surface area contributed by atoms with Crippen molar-refractivity contribution in [2.75, 3.05) is 33.1 Å². The van der Waals surface area contributed by atoms with Crippen LogP contribution in [0.3, 0.4) is 0 Å². The average molecular weight is 562 g/mol. The van der Waals surface area contributed by atoms with E-state index in [1.165, 1.54) is 17.8 Å². The highest BCUT2D eigenvalue weighted by Crippen LogP contribution is 2.39. The van der Waals surface area contributed by atoms with E-state index in [4.69, 9.17) is 9.26 Å². The van der Waals surface area contributed by atoms with Crippen LogP contribution in [-0.2, 0) is 20.6 Å². The first kappa shape index (κ1) is 28.7. The number of ether oxygens (including phenoxy) is 1. The minimum atomic E-state index is -4.73. The summed E-state index contributed by atoms with van der Waals surface area (Å²) in [6.07, 6.45) is 6.52. The average Bonchev–Trinajstić information content (AvgIpc) is 3.29. The van der Waals surface area contributed by atoms with Gasteiger partial charge in [-0.2, -0.15) is 5.26 Å². The largest absolute Gasteiger partial charge is 0.497 e. The van der Waals surface area contributed by atoms with Gasteiger partial charge in [-0.25, -0.2) is 9.55 Å². The topological polar surface area (TPSA) is 150 Å². The number of carbonyl (C=O) groups excluding carboxylic acids is 1. The number of nitrogens with zero attached hydrogens (tertiary/aromatic N) is 4. The number of phosphoric acid groups is 1. The normalized spacial score (nSPS) is 11.7. The Balaban J connectivity index is 1.78. The van der Waals surface area contributed by atoms with Crippen molar-refractivity contribution in [1.82, 2.24) is 14.5 Å². The Hall–Kier alpha value is -4.30. The second kappa shape index (κ2) is 12.3. The first-order valence-corrected chi connectivity index (χ1v) is 13.6. The van der Waals surface area contributed by atoms with Crippen molar-refractivity contribution in [1.29, 1.82) is 5.26 Å². The molecule has 1 amide bonds. The number of benzene rings is 2. The van der Waals surface area contributed by atoms with Gasteiger partial charge in [-0.1, -0.05) is 18.2 Å². The number of amides is 1. The van der Waals surface area contributed by atoms with Gasteiger partial charge < -0.3 is 29.3 Å². The minimum absolute atomic E-state index is 0.281. The van der Waals surface area contributed by atoms with Crippen molar-refractivity contribution in [3.8, 4) is 34.1 Å². The number of nitriles is 1. The van der Waals surface area contributed by atoms with Gasteiger partial charge in [0.15, 0.2) is 0 Å². The number of nitrogens with one attached hydrogen (secondary N) is 1. The van der Waals surface area contributed by atoms with Gasteiger partial charge in [-0.05, 0) is 55.6 Å². The Labute approximate surface area is 231 Å². The van der Waals surface area contributed by atoms with Crippen LogP contribution < -0.4 is 10.1 Å². The van der Waals surface area contributed by atoms with E-state index in [0.29, 0.717) is 45.7 Å². The molecule has 4 aromatic rings. The van der Waals surface area contributed by atoms with Crippen LogP contribution in [0.15, 0.2) is 73.1 Å². The van der Waals surface area contributed by atoms with E-state index in [2.05, 4.69) is 16.4 Å². The highest BCUT2D eigenvalue weighted by molar-refractivity contribution is 7.46. The number of pyridine rings is 1. The van der Waals surface area contributed by atoms with E-state index in [1.54, 1.807) is 48.8 Å². The highest BCUT2D eigenvalue weighted by Gasteiger charge is 2.18. The van der Waals surface area contributed by atoms with Crippen LogP contribution in [-0.4, -0.2) is 57.9 Å². The van der Waals surface area contributed by atoms with E-state index in [9.17, 15) is 24.4 Å². The van der Waals surface area contributed by atoms with Crippen molar-refractivity contribution in [3.05, 3.63) is 78.6 Å². The third-order valence-electron chi connectivity index (χ3n) is 5.86. The summed E-state index contributed by atoms with van der Waals surface area (Å²) < 4.78 is 23.0. The number of anilines is 1. The number of fused-ring (bicyclic) bond motifs is 1. The quantitative estimate of drug-likeness (QED) is 0.189. The molecule has 2 aromatic heterocycles. The molecular formula is C28H28N5O6P. The molecule has 0 atom stereocenters. The number of aromatic nitrogens is 2.